The van der Waals surface area contributed by atoms with Gasteiger partial charge in [-0.25, -0.2) is 13.2 Å². The van der Waals surface area contributed by atoms with Crippen molar-refractivity contribution in [1.29, 1.82) is 0 Å². The average Bonchev–Trinajstić information content (AvgIpc) is 2.14. The van der Waals surface area contributed by atoms with Crippen molar-refractivity contribution in [2.75, 3.05) is 6.26 Å². The molecule has 0 fully saturated rings. The van der Waals surface area contributed by atoms with E-state index in [0.29, 0.717) is 0 Å². The number of amides is 1. The fourth-order valence-corrected chi connectivity index (χ4v) is 1.31. The number of aliphatic carboxylic acids is 1. The third kappa shape index (κ3) is 3.48. The molecule has 0 saturated carbocycles. The highest BCUT2D eigenvalue weighted by Crippen LogP contribution is 2.10. The first-order chi connectivity index (χ1) is 7.04. The van der Waals surface area contributed by atoms with Crippen LogP contribution in [0.4, 0.5) is 0 Å². The number of hydrogen-bond acceptors (Lipinski definition) is 4. The Balaban J connectivity index is 4.88. The first kappa shape index (κ1) is 14.9. The lowest BCUT2D eigenvalue weighted by Crippen LogP contribution is -2.55. The monoisotopic (exact) mass is 251 g/mol. The van der Waals surface area contributed by atoms with Crippen LogP contribution in [-0.4, -0.2) is 42.4 Å². The van der Waals surface area contributed by atoms with E-state index in [1.165, 1.54) is 13.8 Å². The van der Waals surface area contributed by atoms with E-state index < -0.39 is 32.5 Å². The quantitative estimate of drug-likeness (QED) is 0.704. The van der Waals surface area contributed by atoms with Gasteiger partial charge in [-0.05, 0) is 20.3 Å². The van der Waals surface area contributed by atoms with Crippen LogP contribution in [0.1, 0.15) is 27.2 Å². The maximum atomic E-state index is 11.5. The van der Waals surface area contributed by atoms with Crippen LogP contribution in [0.3, 0.4) is 0 Å². The Morgan fingerprint density at radius 3 is 2.12 bits per heavy atom. The van der Waals surface area contributed by atoms with E-state index in [4.69, 9.17) is 5.11 Å². The molecule has 0 aliphatic heterocycles. The smallest absolute Gasteiger partial charge is 0.329 e. The van der Waals surface area contributed by atoms with Gasteiger partial charge in [0.2, 0.25) is 5.91 Å². The minimum atomic E-state index is -3.51. The highest BCUT2D eigenvalue weighted by molar-refractivity contribution is 7.92. The molecule has 0 radical (unpaired) electrons. The zero-order chi connectivity index (χ0) is 13.1. The molecule has 1 amide bonds. The van der Waals surface area contributed by atoms with Crippen molar-refractivity contribution in [3.05, 3.63) is 0 Å². The molecule has 0 aromatic heterocycles. The number of carbonyl (C=O) groups excluding carboxylic acids is 1. The molecule has 0 rings (SSSR count). The van der Waals surface area contributed by atoms with Gasteiger partial charge in [-0.3, -0.25) is 4.79 Å². The second kappa shape index (κ2) is 4.82. The molecule has 0 aromatic carbocycles. The Bertz CT molecular complexity index is 389. The largest absolute Gasteiger partial charge is 0.480 e. The van der Waals surface area contributed by atoms with Gasteiger partial charge in [-0.2, -0.15) is 0 Å². The minimum absolute atomic E-state index is 0.171. The van der Waals surface area contributed by atoms with E-state index in [2.05, 4.69) is 5.32 Å². The van der Waals surface area contributed by atoms with E-state index in [1.54, 1.807) is 6.92 Å². The van der Waals surface area contributed by atoms with E-state index >= 15 is 0 Å². The summed E-state index contributed by atoms with van der Waals surface area (Å²) in [5, 5.41) is 9.88. The Labute approximate surface area is 95.0 Å². The predicted octanol–water partition coefficient (Wildman–Crippen LogP) is -0.211. The summed E-state index contributed by atoms with van der Waals surface area (Å²) in [7, 11) is -3.51. The Kier molecular flexibility index (Phi) is 4.48. The highest BCUT2D eigenvalue weighted by Gasteiger charge is 2.36. The summed E-state index contributed by atoms with van der Waals surface area (Å²) in [5.41, 5.74) is -1.43. The minimum Gasteiger partial charge on any atom is -0.480 e. The van der Waals surface area contributed by atoms with Crippen molar-refractivity contribution in [2.45, 2.75) is 38.0 Å². The lowest BCUT2D eigenvalue weighted by Gasteiger charge is -2.25. The van der Waals surface area contributed by atoms with Gasteiger partial charge in [0.05, 0.1) is 0 Å². The van der Waals surface area contributed by atoms with Crippen LogP contribution in [0.2, 0.25) is 0 Å². The summed E-state index contributed by atoms with van der Waals surface area (Å²) >= 11 is 0. The second-order valence-corrected chi connectivity index (χ2v) is 6.32. The van der Waals surface area contributed by atoms with Crippen molar-refractivity contribution in [3.63, 3.8) is 0 Å². The average molecular weight is 251 g/mol. The van der Waals surface area contributed by atoms with E-state index in [-0.39, 0.29) is 6.42 Å². The van der Waals surface area contributed by atoms with Gasteiger partial charge in [0.1, 0.15) is 10.8 Å². The second-order valence-electron chi connectivity index (χ2n) is 3.95. The van der Waals surface area contributed by atoms with E-state index in [1.807, 2.05) is 0 Å². The molecule has 0 aliphatic rings. The first-order valence-electron chi connectivity index (χ1n) is 4.79. The maximum Gasteiger partial charge on any atom is 0.329 e. The fourth-order valence-electron chi connectivity index (χ4n) is 0.861. The van der Waals surface area contributed by atoms with Crippen LogP contribution in [-0.2, 0) is 19.4 Å². The van der Waals surface area contributed by atoms with Crippen molar-refractivity contribution >= 4 is 21.7 Å². The van der Waals surface area contributed by atoms with Gasteiger partial charge in [0.25, 0.3) is 0 Å². The molecule has 2 N–H and O–H groups in total. The highest BCUT2D eigenvalue weighted by atomic mass is 32.2. The number of carboxylic acid groups (broad SMARTS) is 1. The predicted molar refractivity (Wildman–Crippen MR) is 58.8 cm³/mol. The third-order valence-corrected chi connectivity index (χ3v) is 4.09. The van der Waals surface area contributed by atoms with Crippen molar-refractivity contribution in [3.8, 4) is 0 Å². The summed E-state index contributed by atoms with van der Waals surface area (Å²) in [6.07, 6.45) is 1.10. The van der Waals surface area contributed by atoms with Crippen LogP contribution >= 0.6 is 0 Å². The standard InChI is InChI=1S/C9H17NO5S/c1-5-9(3,8(12)13)10-7(11)6(2)16(4,14)15/h6H,5H2,1-4H3,(H,10,11)(H,12,13). The molecule has 6 nitrogen and oxygen atoms in total. The Hall–Kier alpha value is -1.11. The molecule has 2 atom stereocenters. The summed E-state index contributed by atoms with van der Waals surface area (Å²) in [4.78, 5) is 22.4. The molecule has 16 heavy (non-hydrogen) atoms. The van der Waals surface area contributed by atoms with Crippen molar-refractivity contribution in [2.24, 2.45) is 0 Å². The van der Waals surface area contributed by atoms with E-state index in [9.17, 15) is 18.0 Å². The van der Waals surface area contributed by atoms with Crippen LogP contribution in [0, 0.1) is 0 Å². The number of carboxylic acids is 1. The van der Waals surface area contributed by atoms with Gasteiger partial charge in [-0.1, -0.05) is 6.92 Å². The molecule has 0 spiro atoms. The molecule has 2 unspecified atom stereocenters. The van der Waals surface area contributed by atoms with Crippen LogP contribution < -0.4 is 5.32 Å². The summed E-state index contributed by atoms with van der Waals surface area (Å²) in [5.74, 6) is -1.99. The molecular weight excluding hydrogens is 234 g/mol. The molecule has 0 bridgehead atoms. The zero-order valence-electron chi connectivity index (χ0n) is 9.77. The number of rotatable bonds is 5. The maximum absolute atomic E-state index is 11.5. The van der Waals surface area contributed by atoms with E-state index in [0.717, 1.165) is 6.26 Å². The zero-order valence-corrected chi connectivity index (χ0v) is 10.6. The van der Waals surface area contributed by atoms with Gasteiger partial charge >= 0.3 is 5.97 Å². The fraction of sp³-hybridized carbons (Fsp3) is 0.778. The molecule has 0 aromatic rings. The van der Waals surface area contributed by atoms with Gasteiger partial charge in [0.15, 0.2) is 9.84 Å². The molecule has 94 valence electrons. The normalized spacial score (nSPS) is 17.2. The number of carbonyl (C=O) groups is 2. The topological polar surface area (TPSA) is 101 Å². The van der Waals surface area contributed by atoms with Crippen LogP contribution in [0.5, 0.6) is 0 Å². The lowest BCUT2D eigenvalue weighted by molar-refractivity contribution is -0.146. The van der Waals surface area contributed by atoms with Crippen molar-refractivity contribution in [1.82, 2.24) is 5.32 Å². The number of hydrogen-bond donors (Lipinski definition) is 2. The first-order valence-corrected chi connectivity index (χ1v) is 6.74. The molecule has 0 saturated heterocycles. The van der Waals surface area contributed by atoms with Gasteiger partial charge in [0, 0.05) is 6.26 Å². The number of sulfone groups is 1. The van der Waals surface area contributed by atoms with Gasteiger partial charge < -0.3 is 10.4 Å². The van der Waals surface area contributed by atoms with Crippen molar-refractivity contribution < 1.29 is 23.1 Å². The Morgan fingerprint density at radius 1 is 1.44 bits per heavy atom. The molecule has 7 heteroatoms. The third-order valence-electron chi connectivity index (χ3n) is 2.59. The lowest BCUT2D eigenvalue weighted by atomic mass is 9.99. The van der Waals surface area contributed by atoms with Crippen LogP contribution in [0.15, 0.2) is 0 Å². The number of nitrogens with one attached hydrogen (secondary N) is 1. The molecular formula is C9H17NO5S. The SMILES string of the molecule is CCC(C)(NC(=O)C(C)S(C)(=O)=O)C(=O)O. The summed E-state index contributed by atoms with van der Waals surface area (Å²) in [6.45, 7) is 4.16. The molecule has 0 aliphatic carbocycles. The van der Waals surface area contributed by atoms with Gasteiger partial charge in [-0.15, -0.1) is 0 Å². The summed E-state index contributed by atoms with van der Waals surface area (Å²) in [6, 6.07) is 0. The Morgan fingerprint density at radius 2 is 1.88 bits per heavy atom. The van der Waals surface area contributed by atoms with Crippen LogP contribution in [0.25, 0.3) is 0 Å². The summed E-state index contributed by atoms with van der Waals surface area (Å²) < 4.78 is 22.2. The molecule has 0 heterocycles.